The maximum Gasteiger partial charge on any atom is 0.340 e. The smallest absolute Gasteiger partial charge is 0.340 e. The van der Waals surface area contributed by atoms with E-state index in [4.69, 9.17) is 4.74 Å². The van der Waals surface area contributed by atoms with Crippen molar-refractivity contribution in [3.8, 4) is 0 Å². The van der Waals surface area contributed by atoms with Crippen LogP contribution in [0.5, 0.6) is 0 Å². The van der Waals surface area contributed by atoms with Crippen LogP contribution in [-0.4, -0.2) is 35.3 Å². The molecule has 2 aliphatic rings. The van der Waals surface area contributed by atoms with Gasteiger partial charge in [-0.1, -0.05) is 13.8 Å². The van der Waals surface area contributed by atoms with E-state index in [1.165, 1.54) is 0 Å². The number of halogens is 1. The molecular formula is C19H27BrN2O3. The van der Waals surface area contributed by atoms with Gasteiger partial charge in [-0.3, -0.25) is 4.98 Å². The van der Waals surface area contributed by atoms with E-state index in [1.807, 2.05) is 13.8 Å². The Bertz CT molecular complexity index is 703. The van der Waals surface area contributed by atoms with Gasteiger partial charge < -0.3 is 14.7 Å². The number of aliphatic hydroxyl groups excluding tert-OH is 1. The van der Waals surface area contributed by atoms with E-state index in [-0.39, 0.29) is 6.10 Å². The number of carbonyl (C=O) groups is 1. The first kappa shape index (κ1) is 18.6. The number of aliphatic hydroxyl groups is 1. The molecule has 1 saturated carbocycles. The van der Waals surface area contributed by atoms with Crippen molar-refractivity contribution in [3.63, 3.8) is 0 Å². The van der Waals surface area contributed by atoms with E-state index >= 15 is 0 Å². The Labute approximate surface area is 157 Å². The molecule has 1 saturated heterocycles. The number of aryl methyl sites for hydroxylation is 2. The van der Waals surface area contributed by atoms with Gasteiger partial charge in [-0.25, -0.2) is 4.79 Å². The Kier molecular flexibility index (Phi) is 4.65. The van der Waals surface area contributed by atoms with Gasteiger partial charge in [-0.05, 0) is 60.9 Å². The highest BCUT2D eigenvalue weighted by molar-refractivity contribution is 9.10. The maximum atomic E-state index is 12.3. The summed E-state index contributed by atoms with van der Waals surface area (Å²) in [7, 11) is 0. The molecule has 3 unspecified atom stereocenters. The molecule has 0 radical (unpaired) electrons. The standard InChI is InChI=1S/C19H27BrN2O3/c1-9(2)25-18(24)17(23)14-10(3)21-11(4)15(20)16(14)22-7-12-13(8-22)19(12,5)6/h9,12-13,17,23H,7-8H2,1-6H3. The summed E-state index contributed by atoms with van der Waals surface area (Å²) in [5, 5.41) is 10.7. The molecule has 3 rings (SSSR count). The minimum atomic E-state index is -1.33. The molecule has 1 N–H and O–H groups in total. The van der Waals surface area contributed by atoms with E-state index in [0.717, 1.165) is 28.9 Å². The molecule has 5 nitrogen and oxygen atoms in total. The zero-order chi connectivity index (χ0) is 18.7. The van der Waals surface area contributed by atoms with Crippen molar-refractivity contribution >= 4 is 27.6 Å². The molecule has 2 fully saturated rings. The lowest BCUT2D eigenvalue weighted by molar-refractivity contribution is -0.157. The van der Waals surface area contributed by atoms with E-state index in [2.05, 4.69) is 39.7 Å². The van der Waals surface area contributed by atoms with Crippen LogP contribution in [0.2, 0.25) is 0 Å². The first-order valence-corrected chi connectivity index (χ1v) is 9.65. The molecule has 1 aromatic rings. The van der Waals surface area contributed by atoms with Gasteiger partial charge in [-0.2, -0.15) is 0 Å². The number of carbonyl (C=O) groups excluding carboxylic acids is 1. The number of nitrogens with zero attached hydrogens (tertiary/aromatic N) is 2. The van der Waals surface area contributed by atoms with Gasteiger partial charge in [0.15, 0.2) is 6.10 Å². The van der Waals surface area contributed by atoms with Crippen LogP contribution in [0.3, 0.4) is 0 Å². The van der Waals surface area contributed by atoms with Gasteiger partial charge in [-0.15, -0.1) is 0 Å². The molecule has 2 heterocycles. The highest BCUT2D eigenvalue weighted by Crippen LogP contribution is 2.63. The summed E-state index contributed by atoms with van der Waals surface area (Å²) in [4.78, 5) is 19.1. The quantitative estimate of drug-likeness (QED) is 0.768. The third kappa shape index (κ3) is 3.08. The van der Waals surface area contributed by atoms with Gasteiger partial charge in [0.05, 0.1) is 22.0 Å². The van der Waals surface area contributed by atoms with E-state index in [1.54, 1.807) is 13.8 Å². The predicted octanol–water partition coefficient (Wildman–Crippen LogP) is 3.54. The summed E-state index contributed by atoms with van der Waals surface area (Å²) >= 11 is 3.64. The van der Waals surface area contributed by atoms with Crippen LogP contribution in [0, 0.1) is 31.1 Å². The fourth-order valence-corrected chi connectivity index (χ4v) is 4.74. The fraction of sp³-hybridized carbons (Fsp3) is 0.684. The molecule has 1 aliphatic heterocycles. The third-order valence-electron chi connectivity index (χ3n) is 5.79. The minimum Gasteiger partial charge on any atom is -0.461 e. The second kappa shape index (κ2) is 6.23. The topological polar surface area (TPSA) is 62.7 Å². The number of ether oxygens (including phenoxy) is 1. The number of rotatable bonds is 4. The van der Waals surface area contributed by atoms with Gasteiger partial charge in [0.2, 0.25) is 0 Å². The first-order valence-electron chi connectivity index (χ1n) is 8.85. The van der Waals surface area contributed by atoms with Crippen LogP contribution in [0.15, 0.2) is 4.47 Å². The summed E-state index contributed by atoms with van der Waals surface area (Å²) in [6, 6.07) is 0. The van der Waals surface area contributed by atoms with Crippen LogP contribution >= 0.6 is 15.9 Å². The summed E-state index contributed by atoms with van der Waals surface area (Å²) < 4.78 is 6.07. The summed E-state index contributed by atoms with van der Waals surface area (Å²) in [6.45, 7) is 13.8. The molecule has 0 bridgehead atoms. The van der Waals surface area contributed by atoms with Crippen molar-refractivity contribution < 1.29 is 14.6 Å². The van der Waals surface area contributed by atoms with Crippen molar-refractivity contribution in [2.75, 3.05) is 18.0 Å². The average Bonchev–Trinajstić information content (AvgIpc) is 2.88. The summed E-state index contributed by atoms with van der Waals surface area (Å²) in [6.07, 6.45) is -1.60. The fourth-order valence-electron chi connectivity index (χ4n) is 4.19. The third-order valence-corrected chi connectivity index (χ3v) is 6.74. The number of hydrogen-bond acceptors (Lipinski definition) is 5. The van der Waals surface area contributed by atoms with E-state index < -0.39 is 12.1 Å². The predicted molar refractivity (Wildman–Crippen MR) is 101 cm³/mol. The number of anilines is 1. The molecule has 0 aromatic carbocycles. The lowest BCUT2D eigenvalue weighted by Gasteiger charge is -2.30. The summed E-state index contributed by atoms with van der Waals surface area (Å²) in [5.74, 6) is 0.711. The van der Waals surface area contributed by atoms with Crippen molar-refractivity contribution in [2.45, 2.75) is 53.8 Å². The zero-order valence-electron chi connectivity index (χ0n) is 15.8. The Hall–Kier alpha value is -1.14. The number of hydrogen-bond donors (Lipinski definition) is 1. The molecule has 6 heteroatoms. The Morgan fingerprint density at radius 2 is 1.84 bits per heavy atom. The van der Waals surface area contributed by atoms with Crippen molar-refractivity contribution in [3.05, 3.63) is 21.4 Å². The van der Waals surface area contributed by atoms with Crippen LogP contribution in [-0.2, 0) is 9.53 Å². The Morgan fingerprint density at radius 3 is 2.36 bits per heavy atom. The second-order valence-electron chi connectivity index (χ2n) is 8.19. The molecule has 138 valence electrons. The van der Waals surface area contributed by atoms with Crippen LogP contribution < -0.4 is 4.90 Å². The lowest BCUT2D eigenvalue weighted by Crippen LogP contribution is -2.30. The highest BCUT2D eigenvalue weighted by atomic mass is 79.9. The number of aromatic nitrogens is 1. The summed E-state index contributed by atoms with van der Waals surface area (Å²) in [5.41, 5.74) is 3.38. The second-order valence-corrected chi connectivity index (χ2v) is 8.98. The van der Waals surface area contributed by atoms with Crippen molar-refractivity contribution in [1.29, 1.82) is 0 Å². The van der Waals surface area contributed by atoms with Gasteiger partial charge >= 0.3 is 5.97 Å². The van der Waals surface area contributed by atoms with Crippen LogP contribution in [0.1, 0.15) is 50.8 Å². The van der Waals surface area contributed by atoms with E-state index in [0.29, 0.717) is 28.5 Å². The number of piperidine rings is 1. The highest BCUT2D eigenvalue weighted by Gasteiger charge is 2.62. The molecule has 0 spiro atoms. The lowest BCUT2D eigenvalue weighted by atomic mass is 10.0. The monoisotopic (exact) mass is 410 g/mol. The van der Waals surface area contributed by atoms with Gasteiger partial charge in [0, 0.05) is 24.3 Å². The molecule has 3 atom stereocenters. The normalized spacial score (nSPS) is 25.1. The first-order chi connectivity index (χ1) is 11.6. The molecule has 1 aromatic heterocycles. The van der Waals surface area contributed by atoms with E-state index in [9.17, 15) is 9.90 Å². The van der Waals surface area contributed by atoms with Crippen molar-refractivity contribution in [2.24, 2.45) is 17.3 Å². The number of esters is 1. The zero-order valence-corrected chi connectivity index (χ0v) is 17.3. The largest absolute Gasteiger partial charge is 0.461 e. The Balaban J connectivity index is 1.98. The van der Waals surface area contributed by atoms with Gasteiger partial charge in [0.1, 0.15) is 0 Å². The van der Waals surface area contributed by atoms with Crippen LogP contribution in [0.4, 0.5) is 5.69 Å². The average molecular weight is 411 g/mol. The molecule has 25 heavy (non-hydrogen) atoms. The number of pyridine rings is 1. The van der Waals surface area contributed by atoms with Gasteiger partial charge in [0.25, 0.3) is 0 Å². The molecule has 0 amide bonds. The Morgan fingerprint density at radius 1 is 1.28 bits per heavy atom. The molecular weight excluding hydrogens is 384 g/mol. The molecule has 1 aliphatic carbocycles. The number of fused-ring (bicyclic) bond motifs is 1. The van der Waals surface area contributed by atoms with Crippen molar-refractivity contribution in [1.82, 2.24) is 4.98 Å². The maximum absolute atomic E-state index is 12.3. The minimum absolute atomic E-state index is 0.270. The van der Waals surface area contributed by atoms with Crippen LogP contribution in [0.25, 0.3) is 0 Å². The SMILES string of the molecule is Cc1nc(C)c(C(O)C(=O)OC(C)C)c(N2CC3C(C2)C3(C)C)c1Br.